The second-order valence-electron chi connectivity index (χ2n) is 6.04. The van der Waals surface area contributed by atoms with Gasteiger partial charge in [-0.3, -0.25) is 9.59 Å². The van der Waals surface area contributed by atoms with Crippen molar-refractivity contribution < 1.29 is 9.59 Å². The third kappa shape index (κ3) is 4.15. The van der Waals surface area contributed by atoms with E-state index in [1.807, 2.05) is 18.2 Å². The first-order valence-electron chi connectivity index (χ1n) is 8.50. The minimum Gasteiger partial charge on any atom is -0.354 e. The molecule has 2 heterocycles. The van der Waals surface area contributed by atoms with E-state index in [-0.39, 0.29) is 5.91 Å². The van der Waals surface area contributed by atoms with Gasteiger partial charge in [0.1, 0.15) is 5.69 Å². The Morgan fingerprint density at radius 3 is 2.32 bits per heavy atom. The zero-order valence-corrected chi connectivity index (χ0v) is 14.3. The van der Waals surface area contributed by atoms with Gasteiger partial charge in [-0.15, -0.1) is 0 Å². The molecule has 0 aliphatic carbocycles. The van der Waals surface area contributed by atoms with Crippen molar-refractivity contribution in [2.24, 2.45) is 0 Å². The lowest BCUT2D eigenvalue weighted by molar-refractivity contribution is -0.119. The summed E-state index contributed by atoms with van der Waals surface area (Å²) >= 11 is 0. The maximum absolute atomic E-state index is 12.5. The summed E-state index contributed by atoms with van der Waals surface area (Å²) in [4.78, 5) is 30.9. The minimum absolute atomic E-state index is 0.0932. The van der Waals surface area contributed by atoms with E-state index in [9.17, 15) is 9.59 Å². The van der Waals surface area contributed by atoms with Gasteiger partial charge in [-0.25, -0.2) is 4.98 Å². The number of carbonyl (C=O) groups excluding carboxylic acids is 2. The molecule has 6 nitrogen and oxygen atoms in total. The smallest absolute Gasteiger partial charge is 0.272 e. The van der Waals surface area contributed by atoms with Gasteiger partial charge in [0.15, 0.2) is 0 Å². The summed E-state index contributed by atoms with van der Waals surface area (Å²) < 4.78 is 0. The summed E-state index contributed by atoms with van der Waals surface area (Å²) in [6.45, 7) is 4.36. The molecule has 0 radical (unpaired) electrons. The first-order valence-corrected chi connectivity index (χ1v) is 8.50. The number of amides is 2. The van der Waals surface area contributed by atoms with E-state index in [0.717, 1.165) is 24.2 Å². The van der Waals surface area contributed by atoms with Gasteiger partial charge in [0.05, 0.1) is 11.9 Å². The summed E-state index contributed by atoms with van der Waals surface area (Å²) in [6, 6.07) is 11.8. The van der Waals surface area contributed by atoms with Crippen molar-refractivity contribution in [2.45, 2.75) is 13.3 Å². The number of rotatable bonds is 5. The monoisotopic (exact) mass is 338 g/mol. The molecule has 0 spiro atoms. The molecule has 0 saturated carbocycles. The van der Waals surface area contributed by atoms with E-state index >= 15 is 0 Å². The number of aryl methyl sites for hydroxylation is 1. The standard InChI is InChI=1S/C19H22N4O2/c1-2-15-3-5-16(6-4-15)21-17-7-8-18(20-13-17)19(25)23-11-9-22(14-24)10-12-23/h3-8,13-14,21H,2,9-12H2,1H3. The normalized spacial score (nSPS) is 14.3. The van der Waals surface area contributed by atoms with Crippen LogP contribution in [0.2, 0.25) is 0 Å². The van der Waals surface area contributed by atoms with Crippen LogP contribution < -0.4 is 5.32 Å². The fraction of sp³-hybridized carbons (Fsp3) is 0.316. The predicted molar refractivity (Wildman–Crippen MR) is 96.9 cm³/mol. The molecule has 3 rings (SSSR count). The number of pyridine rings is 1. The van der Waals surface area contributed by atoms with E-state index in [4.69, 9.17) is 0 Å². The summed E-state index contributed by atoms with van der Waals surface area (Å²) in [6.07, 6.45) is 3.51. The third-order valence-corrected chi connectivity index (χ3v) is 4.38. The molecule has 0 unspecified atom stereocenters. The molecule has 2 amide bonds. The molecule has 1 N–H and O–H groups in total. The van der Waals surface area contributed by atoms with Crippen molar-refractivity contribution in [2.75, 3.05) is 31.5 Å². The van der Waals surface area contributed by atoms with Crippen LogP contribution in [0.4, 0.5) is 11.4 Å². The van der Waals surface area contributed by atoms with Crippen LogP contribution in [0, 0.1) is 0 Å². The van der Waals surface area contributed by atoms with Crippen LogP contribution >= 0.6 is 0 Å². The maximum Gasteiger partial charge on any atom is 0.272 e. The van der Waals surface area contributed by atoms with Gasteiger partial charge in [-0.1, -0.05) is 19.1 Å². The lowest BCUT2D eigenvalue weighted by Gasteiger charge is -2.32. The lowest BCUT2D eigenvalue weighted by atomic mass is 10.1. The van der Waals surface area contributed by atoms with Crippen LogP contribution in [0.15, 0.2) is 42.6 Å². The summed E-state index contributed by atoms with van der Waals surface area (Å²) in [5, 5.41) is 3.28. The van der Waals surface area contributed by atoms with E-state index in [0.29, 0.717) is 31.9 Å². The fourth-order valence-electron chi connectivity index (χ4n) is 2.78. The largest absolute Gasteiger partial charge is 0.354 e. The Bertz CT molecular complexity index is 720. The molecule has 1 aliphatic heterocycles. The number of nitrogens with one attached hydrogen (secondary N) is 1. The van der Waals surface area contributed by atoms with Gasteiger partial charge in [-0.2, -0.15) is 0 Å². The van der Waals surface area contributed by atoms with Gasteiger partial charge < -0.3 is 15.1 Å². The van der Waals surface area contributed by atoms with Gasteiger partial charge in [0.2, 0.25) is 6.41 Å². The number of hydrogen-bond acceptors (Lipinski definition) is 4. The molecule has 25 heavy (non-hydrogen) atoms. The quantitative estimate of drug-likeness (QED) is 0.850. The van der Waals surface area contributed by atoms with Crippen molar-refractivity contribution >= 4 is 23.7 Å². The number of nitrogens with zero attached hydrogens (tertiary/aromatic N) is 3. The van der Waals surface area contributed by atoms with E-state index < -0.39 is 0 Å². The molecule has 1 aromatic heterocycles. The van der Waals surface area contributed by atoms with E-state index in [1.165, 1.54) is 5.56 Å². The maximum atomic E-state index is 12.5. The first-order chi connectivity index (χ1) is 12.2. The Morgan fingerprint density at radius 2 is 1.76 bits per heavy atom. The van der Waals surface area contributed by atoms with Crippen LogP contribution in [0.25, 0.3) is 0 Å². The molecule has 6 heteroatoms. The predicted octanol–water partition coefficient (Wildman–Crippen LogP) is 2.30. The molecule has 130 valence electrons. The number of carbonyl (C=O) groups is 2. The highest BCUT2D eigenvalue weighted by atomic mass is 16.2. The Labute approximate surface area is 147 Å². The average Bonchev–Trinajstić information content (AvgIpc) is 2.69. The number of benzene rings is 1. The number of anilines is 2. The molecule has 1 aromatic carbocycles. The molecule has 0 bridgehead atoms. The second kappa shape index (κ2) is 7.79. The molecule has 2 aromatic rings. The van der Waals surface area contributed by atoms with Crippen molar-refractivity contribution in [3.05, 3.63) is 53.9 Å². The SMILES string of the molecule is CCc1ccc(Nc2ccc(C(=O)N3CCN(C=O)CC3)nc2)cc1. The average molecular weight is 338 g/mol. The van der Waals surface area contributed by atoms with Crippen molar-refractivity contribution in [3.8, 4) is 0 Å². The van der Waals surface area contributed by atoms with Crippen molar-refractivity contribution in [1.29, 1.82) is 0 Å². The minimum atomic E-state index is -0.0932. The molecular formula is C19H22N4O2. The zero-order chi connectivity index (χ0) is 17.6. The summed E-state index contributed by atoms with van der Waals surface area (Å²) in [5.74, 6) is -0.0932. The van der Waals surface area contributed by atoms with Crippen LogP contribution in [0.3, 0.4) is 0 Å². The van der Waals surface area contributed by atoms with E-state index in [1.54, 1.807) is 22.1 Å². The molecular weight excluding hydrogens is 316 g/mol. The fourth-order valence-corrected chi connectivity index (χ4v) is 2.78. The van der Waals surface area contributed by atoms with Gasteiger partial charge in [-0.05, 0) is 36.2 Å². The Morgan fingerprint density at radius 1 is 1.08 bits per heavy atom. The second-order valence-corrected chi connectivity index (χ2v) is 6.04. The van der Waals surface area contributed by atoms with Crippen LogP contribution in [-0.2, 0) is 11.2 Å². The zero-order valence-electron chi connectivity index (χ0n) is 14.3. The van der Waals surface area contributed by atoms with Crippen LogP contribution in [0.5, 0.6) is 0 Å². The highest BCUT2D eigenvalue weighted by Crippen LogP contribution is 2.17. The van der Waals surface area contributed by atoms with Gasteiger partial charge in [0.25, 0.3) is 5.91 Å². The van der Waals surface area contributed by atoms with Crippen LogP contribution in [0.1, 0.15) is 23.0 Å². The van der Waals surface area contributed by atoms with Crippen LogP contribution in [-0.4, -0.2) is 53.3 Å². The van der Waals surface area contributed by atoms with Gasteiger partial charge >= 0.3 is 0 Å². The Balaban J connectivity index is 1.61. The number of aromatic nitrogens is 1. The first kappa shape index (κ1) is 17.0. The highest BCUT2D eigenvalue weighted by molar-refractivity contribution is 5.92. The lowest BCUT2D eigenvalue weighted by Crippen LogP contribution is -2.48. The highest BCUT2D eigenvalue weighted by Gasteiger charge is 2.22. The summed E-state index contributed by atoms with van der Waals surface area (Å²) in [5.41, 5.74) is 3.54. The van der Waals surface area contributed by atoms with Gasteiger partial charge in [0, 0.05) is 31.9 Å². The van der Waals surface area contributed by atoms with Crippen molar-refractivity contribution in [3.63, 3.8) is 0 Å². The molecule has 1 aliphatic rings. The number of piperazine rings is 1. The van der Waals surface area contributed by atoms with Crippen molar-refractivity contribution in [1.82, 2.24) is 14.8 Å². The topological polar surface area (TPSA) is 65.5 Å². The molecule has 1 fully saturated rings. The Kier molecular flexibility index (Phi) is 5.28. The number of hydrogen-bond donors (Lipinski definition) is 1. The molecule has 0 atom stereocenters. The summed E-state index contributed by atoms with van der Waals surface area (Å²) in [7, 11) is 0. The third-order valence-electron chi connectivity index (χ3n) is 4.38. The molecule has 1 saturated heterocycles. The van der Waals surface area contributed by atoms with E-state index in [2.05, 4.69) is 29.4 Å². The Hall–Kier alpha value is -2.89.